The zero-order valence-electron chi connectivity index (χ0n) is 15.4. The maximum atomic E-state index is 3.50. The molecule has 126 valence electrons. The van der Waals surface area contributed by atoms with Crippen molar-refractivity contribution in [2.75, 3.05) is 0 Å². The molecule has 24 heavy (non-hydrogen) atoms. The molecule has 0 aliphatic heterocycles. The van der Waals surface area contributed by atoms with Crippen LogP contribution in [0, 0.1) is 0 Å². The predicted octanol–water partition coefficient (Wildman–Crippen LogP) is 7.36. The first-order valence-corrected chi connectivity index (χ1v) is 9.58. The average molecular weight is 383 g/mol. The van der Waals surface area contributed by atoms with Gasteiger partial charge in [-0.15, -0.1) is 0 Å². The molecule has 0 aromatic heterocycles. The number of hydrogen-bond acceptors (Lipinski definition) is 0. The molecule has 0 atom stereocenters. The summed E-state index contributed by atoms with van der Waals surface area (Å²) in [6.45, 7) is 11.7. The highest BCUT2D eigenvalue weighted by atomic mass is 79.9. The number of halogens is 1. The summed E-state index contributed by atoms with van der Waals surface area (Å²) in [4.78, 5) is 0. The van der Waals surface area contributed by atoms with E-state index in [1.165, 1.54) is 40.7 Å². The van der Waals surface area contributed by atoms with Crippen LogP contribution < -0.4 is 0 Å². The Morgan fingerprint density at radius 1 is 0.875 bits per heavy atom. The van der Waals surface area contributed by atoms with Crippen LogP contribution in [0.5, 0.6) is 0 Å². The smallest absolute Gasteiger partial charge is 0.0175 e. The highest BCUT2D eigenvalue weighted by Crippen LogP contribution is 2.46. The minimum Gasteiger partial charge on any atom is -0.0576 e. The molecule has 1 heteroatoms. The van der Waals surface area contributed by atoms with Crippen molar-refractivity contribution in [3.63, 3.8) is 0 Å². The Morgan fingerprint density at radius 2 is 1.46 bits per heavy atom. The molecule has 1 aliphatic rings. The zero-order chi connectivity index (χ0) is 17.5. The van der Waals surface area contributed by atoms with Crippen LogP contribution >= 0.6 is 15.9 Å². The Hall–Kier alpha value is -1.34. The van der Waals surface area contributed by atoms with E-state index in [2.05, 4.69) is 99.1 Å². The lowest BCUT2D eigenvalue weighted by Gasteiger charge is -2.42. The summed E-state index contributed by atoms with van der Waals surface area (Å²) >= 11 is 3.50. The molecule has 2 aromatic rings. The molecule has 0 saturated carbocycles. The molecule has 0 heterocycles. The third-order valence-electron chi connectivity index (χ3n) is 5.56. The van der Waals surface area contributed by atoms with Gasteiger partial charge in [0.15, 0.2) is 0 Å². The lowest BCUT2D eigenvalue weighted by molar-refractivity contribution is 0.332. The van der Waals surface area contributed by atoms with E-state index in [1.807, 2.05) is 0 Å². The van der Waals surface area contributed by atoms with Gasteiger partial charge in [-0.2, -0.15) is 0 Å². The Kier molecular flexibility index (Phi) is 4.51. The fourth-order valence-electron chi connectivity index (χ4n) is 3.73. The van der Waals surface area contributed by atoms with Crippen LogP contribution in [0.3, 0.4) is 0 Å². The molecule has 0 fully saturated rings. The van der Waals surface area contributed by atoms with Crippen molar-refractivity contribution >= 4 is 27.6 Å². The number of rotatable bonds is 2. The largest absolute Gasteiger partial charge is 0.0576 e. The van der Waals surface area contributed by atoms with E-state index < -0.39 is 0 Å². The summed E-state index contributed by atoms with van der Waals surface area (Å²) in [5.74, 6) is 0. The molecular weight excluding hydrogens is 356 g/mol. The fourth-order valence-corrected chi connectivity index (χ4v) is 3.99. The van der Waals surface area contributed by atoms with Crippen molar-refractivity contribution in [1.29, 1.82) is 0 Å². The Balaban J connectivity index is 2.03. The summed E-state index contributed by atoms with van der Waals surface area (Å²) in [6.07, 6.45) is 4.79. The van der Waals surface area contributed by atoms with Gasteiger partial charge >= 0.3 is 0 Å². The van der Waals surface area contributed by atoms with E-state index in [0.717, 1.165) is 4.47 Å². The van der Waals surface area contributed by atoms with Crippen LogP contribution in [0.25, 0.3) is 11.6 Å². The highest BCUT2D eigenvalue weighted by Gasteiger charge is 2.36. The van der Waals surface area contributed by atoms with E-state index in [0.29, 0.717) is 0 Å². The van der Waals surface area contributed by atoms with Crippen LogP contribution in [-0.4, -0.2) is 0 Å². The van der Waals surface area contributed by atoms with Crippen LogP contribution in [-0.2, 0) is 10.8 Å². The third kappa shape index (κ3) is 3.37. The summed E-state index contributed by atoms with van der Waals surface area (Å²) in [5.41, 5.74) is 7.50. The summed E-state index contributed by atoms with van der Waals surface area (Å²) in [6, 6.07) is 15.6. The van der Waals surface area contributed by atoms with Crippen molar-refractivity contribution in [3.8, 4) is 0 Å². The third-order valence-corrected chi connectivity index (χ3v) is 6.09. The minimum atomic E-state index is 0.263. The first kappa shape index (κ1) is 17.5. The second kappa shape index (κ2) is 6.19. The second-order valence-corrected chi connectivity index (χ2v) is 9.32. The lowest BCUT2D eigenvalue weighted by atomic mass is 9.63. The van der Waals surface area contributed by atoms with Crippen molar-refractivity contribution < 1.29 is 0 Å². The van der Waals surface area contributed by atoms with Gasteiger partial charge in [0.2, 0.25) is 0 Å². The van der Waals surface area contributed by atoms with Gasteiger partial charge in [-0.25, -0.2) is 0 Å². The van der Waals surface area contributed by atoms with Gasteiger partial charge in [-0.3, -0.25) is 0 Å². The minimum absolute atomic E-state index is 0.263. The van der Waals surface area contributed by atoms with Crippen molar-refractivity contribution in [2.45, 2.75) is 58.3 Å². The van der Waals surface area contributed by atoms with E-state index in [4.69, 9.17) is 0 Å². The van der Waals surface area contributed by atoms with Crippen molar-refractivity contribution in [2.24, 2.45) is 0 Å². The standard InChI is InChI=1S/C23H27Br/c1-16(14-17-6-9-19(24)10-7-17)18-8-11-20-21(15-18)23(4,5)13-12-22(20,2)3/h6-11,14-15H,12-13H2,1-5H3/b16-14-. The topological polar surface area (TPSA) is 0 Å². The van der Waals surface area contributed by atoms with Gasteiger partial charge in [0, 0.05) is 4.47 Å². The molecule has 0 unspecified atom stereocenters. The van der Waals surface area contributed by atoms with Gasteiger partial charge in [-0.05, 0) is 70.6 Å². The zero-order valence-corrected chi connectivity index (χ0v) is 17.0. The quantitative estimate of drug-likeness (QED) is 0.475. The van der Waals surface area contributed by atoms with Gasteiger partial charge in [0.25, 0.3) is 0 Å². The highest BCUT2D eigenvalue weighted by molar-refractivity contribution is 9.10. The Bertz CT molecular complexity index is 776. The molecule has 0 saturated heterocycles. The summed E-state index contributed by atoms with van der Waals surface area (Å²) < 4.78 is 1.12. The van der Waals surface area contributed by atoms with Gasteiger partial charge in [-0.1, -0.05) is 80.0 Å². The molecule has 1 aliphatic carbocycles. The number of benzene rings is 2. The van der Waals surface area contributed by atoms with Crippen LogP contribution in [0.1, 0.15) is 69.7 Å². The van der Waals surface area contributed by atoms with Crippen molar-refractivity contribution in [3.05, 3.63) is 69.2 Å². The Morgan fingerprint density at radius 3 is 2.08 bits per heavy atom. The van der Waals surface area contributed by atoms with E-state index in [-0.39, 0.29) is 10.8 Å². The molecule has 0 amide bonds. The molecular formula is C23H27Br. The van der Waals surface area contributed by atoms with Gasteiger partial charge < -0.3 is 0 Å². The Labute approximate surface area is 155 Å². The number of allylic oxidation sites excluding steroid dienone is 1. The second-order valence-electron chi connectivity index (χ2n) is 8.41. The van der Waals surface area contributed by atoms with Gasteiger partial charge in [0.05, 0.1) is 0 Å². The fraction of sp³-hybridized carbons (Fsp3) is 0.391. The molecule has 3 rings (SSSR count). The molecule has 0 bridgehead atoms. The van der Waals surface area contributed by atoms with Gasteiger partial charge in [0.1, 0.15) is 0 Å². The molecule has 0 N–H and O–H groups in total. The lowest BCUT2D eigenvalue weighted by Crippen LogP contribution is -2.33. The predicted molar refractivity (Wildman–Crippen MR) is 109 cm³/mol. The summed E-state index contributed by atoms with van der Waals surface area (Å²) in [5, 5.41) is 0. The van der Waals surface area contributed by atoms with Crippen molar-refractivity contribution in [1.82, 2.24) is 0 Å². The van der Waals surface area contributed by atoms with Crippen LogP contribution in [0.2, 0.25) is 0 Å². The van der Waals surface area contributed by atoms with Crippen LogP contribution in [0.15, 0.2) is 46.9 Å². The molecule has 0 nitrogen and oxygen atoms in total. The number of hydrogen-bond donors (Lipinski definition) is 0. The maximum absolute atomic E-state index is 3.50. The maximum Gasteiger partial charge on any atom is 0.0175 e. The molecule has 0 spiro atoms. The first-order valence-electron chi connectivity index (χ1n) is 8.78. The normalized spacial score (nSPS) is 19.0. The molecule has 0 radical (unpaired) electrons. The number of fused-ring (bicyclic) bond motifs is 1. The molecule has 2 aromatic carbocycles. The monoisotopic (exact) mass is 382 g/mol. The summed E-state index contributed by atoms with van der Waals surface area (Å²) in [7, 11) is 0. The van der Waals surface area contributed by atoms with E-state index >= 15 is 0 Å². The average Bonchev–Trinajstić information content (AvgIpc) is 2.54. The SMILES string of the molecule is C/C(=C/c1ccc(Br)cc1)c1ccc2c(c1)C(C)(C)CCC2(C)C. The first-order chi connectivity index (χ1) is 11.2. The van der Waals surface area contributed by atoms with Crippen LogP contribution in [0.4, 0.5) is 0 Å². The van der Waals surface area contributed by atoms with E-state index in [1.54, 1.807) is 0 Å². The van der Waals surface area contributed by atoms with E-state index in [9.17, 15) is 0 Å².